The molecule has 0 spiro atoms. The number of nitrogens with zero attached hydrogens (tertiary/aromatic N) is 2. The van der Waals surface area contributed by atoms with Crippen LogP contribution >= 0.6 is 0 Å². The molecule has 0 bridgehead atoms. The lowest BCUT2D eigenvalue weighted by Gasteiger charge is -2.39. The van der Waals surface area contributed by atoms with Crippen molar-refractivity contribution in [1.82, 2.24) is 4.90 Å². The molecule has 1 unspecified atom stereocenters. The van der Waals surface area contributed by atoms with Crippen molar-refractivity contribution in [2.45, 2.75) is 13.0 Å². The zero-order chi connectivity index (χ0) is 18.7. The lowest BCUT2D eigenvalue weighted by molar-refractivity contribution is -0.124. The van der Waals surface area contributed by atoms with E-state index in [1.165, 1.54) is 7.11 Å². The second-order valence-corrected chi connectivity index (χ2v) is 6.07. The molecule has 1 fully saturated rings. The monoisotopic (exact) mass is 354 g/mol. The van der Waals surface area contributed by atoms with Gasteiger partial charge in [-0.1, -0.05) is 18.2 Å². The molecule has 2 aromatic rings. The van der Waals surface area contributed by atoms with Gasteiger partial charge in [0.2, 0.25) is 5.91 Å². The first-order chi connectivity index (χ1) is 12.6. The van der Waals surface area contributed by atoms with Gasteiger partial charge < -0.3 is 19.3 Å². The molecular formula is C20H22N2O4. The van der Waals surface area contributed by atoms with Crippen LogP contribution < -0.4 is 14.4 Å². The van der Waals surface area contributed by atoms with Crippen molar-refractivity contribution >= 4 is 17.5 Å². The van der Waals surface area contributed by atoms with Crippen LogP contribution in [0.5, 0.6) is 11.5 Å². The fourth-order valence-electron chi connectivity index (χ4n) is 3.16. The fourth-order valence-corrected chi connectivity index (χ4v) is 3.16. The number of hydrogen-bond acceptors (Lipinski definition) is 4. The van der Waals surface area contributed by atoms with Crippen molar-refractivity contribution in [3.63, 3.8) is 0 Å². The summed E-state index contributed by atoms with van der Waals surface area (Å²) in [4.78, 5) is 29.1. The van der Waals surface area contributed by atoms with E-state index in [0.717, 1.165) is 5.69 Å². The minimum atomic E-state index is -0.563. The Morgan fingerprint density at radius 3 is 2.54 bits per heavy atom. The maximum Gasteiger partial charge on any atom is 0.258 e. The smallest absolute Gasteiger partial charge is 0.258 e. The predicted octanol–water partition coefficient (Wildman–Crippen LogP) is 2.58. The Hall–Kier alpha value is -3.02. The van der Waals surface area contributed by atoms with Crippen LogP contribution in [-0.4, -0.2) is 50.1 Å². The van der Waals surface area contributed by atoms with Crippen molar-refractivity contribution in [3.8, 4) is 11.5 Å². The van der Waals surface area contributed by atoms with E-state index in [1.54, 1.807) is 42.0 Å². The van der Waals surface area contributed by atoms with Gasteiger partial charge in [-0.05, 0) is 31.2 Å². The van der Waals surface area contributed by atoms with E-state index < -0.39 is 6.04 Å². The first-order valence-electron chi connectivity index (χ1n) is 8.46. The summed E-state index contributed by atoms with van der Waals surface area (Å²) in [5.74, 6) is 0.879. The second-order valence-electron chi connectivity index (χ2n) is 6.07. The molecule has 6 heteroatoms. The van der Waals surface area contributed by atoms with Crippen molar-refractivity contribution in [3.05, 3.63) is 54.1 Å². The van der Waals surface area contributed by atoms with Gasteiger partial charge in [0.15, 0.2) is 0 Å². The first-order valence-corrected chi connectivity index (χ1v) is 8.46. The van der Waals surface area contributed by atoms with Crippen molar-refractivity contribution in [2.24, 2.45) is 0 Å². The number of benzene rings is 2. The van der Waals surface area contributed by atoms with E-state index in [2.05, 4.69) is 0 Å². The molecule has 0 aromatic heterocycles. The second kappa shape index (κ2) is 7.47. The average Bonchev–Trinajstić information content (AvgIpc) is 2.69. The molecular weight excluding hydrogens is 332 g/mol. The van der Waals surface area contributed by atoms with Crippen molar-refractivity contribution in [2.75, 3.05) is 32.2 Å². The molecule has 0 N–H and O–H groups in total. The molecule has 6 nitrogen and oxygen atoms in total. The molecule has 1 saturated heterocycles. The van der Waals surface area contributed by atoms with Crippen LogP contribution in [0.4, 0.5) is 5.69 Å². The van der Waals surface area contributed by atoms with Crippen LogP contribution in [0.1, 0.15) is 17.3 Å². The molecule has 1 heterocycles. The van der Waals surface area contributed by atoms with Crippen molar-refractivity contribution in [1.29, 1.82) is 0 Å². The Morgan fingerprint density at radius 2 is 1.81 bits per heavy atom. The maximum atomic E-state index is 12.9. The number of rotatable bonds is 4. The molecule has 0 radical (unpaired) electrons. The highest BCUT2D eigenvalue weighted by Gasteiger charge is 2.36. The summed E-state index contributed by atoms with van der Waals surface area (Å²) < 4.78 is 10.5. The quantitative estimate of drug-likeness (QED) is 0.847. The highest BCUT2D eigenvalue weighted by atomic mass is 16.5. The number of ether oxygens (including phenoxy) is 2. The van der Waals surface area contributed by atoms with Gasteiger partial charge in [0.25, 0.3) is 5.91 Å². The van der Waals surface area contributed by atoms with Gasteiger partial charge in [-0.2, -0.15) is 0 Å². The number of anilines is 1. The number of carbonyl (C=O) groups excluding carboxylic acids is 2. The highest BCUT2D eigenvalue weighted by Crippen LogP contribution is 2.26. The number of amides is 2. The SMILES string of the molecule is COc1cccc(N2CCN(C(=O)c3ccccc3OC)C(C)C2=O)c1. The summed E-state index contributed by atoms with van der Waals surface area (Å²) >= 11 is 0. The number of methoxy groups -OCH3 is 2. The Kier molecular flexibility index (Phi) is 5.11. The van der Waals surface area contributed by atoms with Gasteiger partial charge in [-0.25, -0.2) is 0 Å². The lowest BCUT2D eigenvalue weighted by atomic mass is 10.1. The summed E-state index contributed by atoms with van der Waals surface area (Å²) in [6.07, 6.45) is 0. The van der Waals surface area contributed by atoms with Crippen LogP contribution in [-0.2, 0) is 4.79 Å². The summed E-state index contributed by atoms with van der Waals surface area (Å²) in [5.41, 5.74) is 1.23. The molecule has 2 amide bonds. The Balaban J connectivity index is 1.82. The standard InChI is InChI=1S/C20H22N2O4/c1-14-19(23)22(15-7-6-8-16(13-15)25-2)12-11-21(14)20(24)17-9-4-5-10-18(17)26-3/h4-10,13-14H,11-12H2,1-3H3. The third-order valence-electron chi connectivity index (χ3n) is 4.62. The highest BCUT2D eigenvalue weighted by molar-refractivity contribution is 6.04. The zero-order valence-corrected chi connectivity index (χ0v) is 15.1. The summed E-state index contributed by atoms with van der Waals surface area (Å²) in [7, 11) is 3.12. The van der Waals surface area contributed by atoms with Gasteiger partial charge in [-0.15, -0.1) is 0 Å². The maximum absolute atomic E-state index is 12.9. The number of piperazine rings is 1. The van der Waals surface area contributed by atoms with E-state index in [0.29, 0.717) is 30.2 Å². The van der Waals surface area contributed by atoms with E-state index in [-0.39, 0.29) is 11.8 Å². The molecule has 3 rings (SSSR count). The van der Waals surface area contributed by atoms with E-state index in [1.807, 2.05) is 30.3 Å². The third kappa shape index (κ3) is 3.22. The van der Waals surface area contributed by atoms with Gasteiger partial charge in [0, 0.05) is 24.8 Å². The van der Waals surface area contributed by atoms with Gasteiger partial charge in [0.05, 0.1) is 19.8 Å². The third-order valence-corrected chi connectivity index (χ3v) is 4.62. The van der Waals surface area contributed by atoms with E-state index >= 15 is 0 Å². The van der Waals surface area contributed by atoms with Crippen LogP contribution in [0.15, 0.2) is 48.5 Å². The number of carbonyl (C=O) groups is 2. The van der Waals surface area contributed by atoms with E-state index in [9.17, 15) is 9.59 Å². The zero-order valence-electron chi connectivity index (χ0n) is 15.1. The average molecular weight is 354 g/mol. The molecule has 2 aromatic carbocycles. The molecule has 0 aliphatic carbocycles. The molecule has 26 heavy (non-hydrogen) atoms. The van der Waals surface area contributed by atoms with Crippen LogP contribution in [0, 0.1) is 0 Å². The van der Waals surface area contributed by atoms with Crippen LogP contribution in [0.3, 0.4) is 0 Å². The topological polar surface area (TPSA) is 59.1 Å². The summed E-state index contributed by atoms with van der Waals surface area (Å²) in [6, 6.07) is 13.9. The number of hydrogen-bond donors (Lipinski definition) is 0. The Morgan fingerprint density at radius 1 is 1.04 bits per heavy atom. The van der Waals surface area contributed by atoms with Crippen LogP contribution in [0.25, 0.3) is 0 Å². The number of para-hydroxylation sites is 1. The molecule has 1 atom stereocenters. The molecule has 1 aliphatic heterocycles. The first kappa shape index (κ1) is 17.8. The van der Waals surface area contributed by atoms with Gasteiger partial charge in [-0.3, -0.25) is 9.59 Å². The minimum Gasteiger partial charge on any atom is -0.497 e. The molecule has 1 aliphatic rings. The van der Waals surface area contributed by atoms with Gasteiger partial charge >= 0.3 is 0 Å². The van der Waals surface area contributed by atoms with Crippen molar-refractivity contribution < 1.29 is 19.1 Å². The minimum absolute atomic E-state index is 0.118. The summed E-state index contributed by atoms with van der Waals surface area (Å²) in [5, 5.41) is 0. The molecule has 136 valence electrons. The Labute approximate surface area is 152 Å². The summed E-state index contributed by atoms with van der Waals surface area (Å²) in [6.45, 7) is 2.63. The van der Waals surface area contributed by atoms with E-state index in [4.69, 9.17) is 9.47 Å². The lowest BCUT2D eigenvalue weighted by Crippen LogP contribution is -2.57. The molecule has 0 saturated carbocycles. The fraction of sp³-hybridized carbons (Fsp3) is 0.300. The normalized spacial score (nSPS) is 17.2. The van der Waals surface area contributed by atoms with Gasteiger partial charge in [0.1, 0.15) is 17.5 Å². The predicted molar refractivity (Wildman–Crippen MR) is 98.8 cm³/mol. The Bertz CT molecular complexity index is 821. The van der Waals surface area contributed by atoms with Crippen LogP contribution in [0.2, 0.25) is 0 Å². The largest absolute Gasteiger partial charge is 0.497 e.